The lowest BCUT2D eigenvalue weighted by Crippen LogP contribution is -2.42. The molecule has 0 aromatic heterocycles. The number of rotatable bonds is 9. The van der Waals surface area contributed by atoms with Crippen LogP contribution < -0.4 is 4.74 Å². The van der Waals surface area contributed by atoms with Crippen molar-refractivity contribution in [2.24, 2.45) is 0 Å². The third-order valence-electron chi connectivity index (χ3n) is 6.37. The Kier molecular flexibility index (Phi) is 9.73. The van der Waals surface area contributed by atoms with E-state index in [-0.39, 0.29) is 32.1 Å². The van der Waals surface area contributed by atoms with E-state index in [0.29, 0.717) is 18.8 Å². The van der Waals surface area contributed by atoms with Crippen LogP contribution >= 0.6 is 0 Å². The number of alkyl halides is 3. The summed E-state index contributed by atoms with van der Waals surface area (Å²) in [7, 11) is 1.54. The van der Waals surface area contributed by atoms with Crippen molar-refractivity contribution in [3.63, 3.8) is 0 Å². The summed E-state index contributed by atoms with van der Waals surface area (Å²) in [5.41, 5.74) is -0.834. The predicted octanol–water partition coefficient (Wildman–Crippen LogP) is 3.45. The molecule has 11 heteroatoms. The van der Waals surface area contributed by atoms with E-state index in [2.05, 4.69) is 0 Å². The fourth-order valence-corrected chi connectivity index (χ4v) is 4.29. The largest absolute Gasteiger partial charge is 0.497 e. The van der Waals surface area contributed by atoms with Crippen LogP contribution in [0.4, 0.5) is 13.2 Å². The predicted molar refractivity (Wildman–Crippen MR) is 133 cm³/mol. The molecule has 206 valence electrons. The molecule has 1 aliphatic rings. The topological polar surface area (TPSA) is 79.4 Å². The minimum Gasteiger partial charge on any atom is -0.497 e. The summed E-state index contributed by atoms with van der Waals surface area (Å²) >= 11 is 0. The first-order valence-corrected chi connectivity index (χ1v) is 12.3. The molecule has 2 aromatic carbocycles. The third kappa shape index (κ3) is 7.25. The quantitative estimate of drug-likeness (QED) is 0.492. The molecule has 1 saturated heterocycles. The average Bonchev–Trinajstić information content (AvgIpc) is 3.06. The van der Waals surface area contributed by atoms with Gasteiger partial charge in [0.05, 0.1) is 24.3 Å². The van der Waals surface area contributed by atoms with Crippen LogP contribution in [0.1, 0.15) is 35.3 Å². The molecular weight excluding hydrogens is 503 g/mol. The van der Waals surface area contributed by atoms with Crippen molar-refractivity contribution in [2.75, 3.05) is 46.4 Å². The minimum atomic E-state index is -4.74. The maximum absolute atomic E-state index is 13.6. The number of nitrogens with zero attached hydrogens (tertiary/aromatic N) is 3. The Labute approximate surface area is 219 Å². The molecule has 0 bridgehead atoms. The lowest BCUT2D eigenvalue weighted by molar-refractivity contribution is -0.139. The molecule has 0 radical (unpaired) electrons. The number of hydrogen-bond donors (Lipinski definition) is 0. The Hall–Kier alpha value is -3.60. The monoisotopic (exact) mass is 535 g/mol. The van der Waals surface area contributed by atoms with Gasteiger partial charge in [-0.3, -0.25) is 14.4 Å². The van der Waals surface area contributed by atoms with Crippen LogP contribution in [-0.2, 0) is 27.0 Å². The van der Waals surface area contributed by atoms with Gasteiger partial charge in [0.25, 0.3) is 5.91 Å². The van der Waals surface area contributed by atoms with Crippen molar-refractivity contribution in [1.82, 2.24) is 14.7 Å². The summed E-state index contributed by atoms with van der Waals surface area (Å²) in [5.74, 6) is -0.985. The fraction of sp³-hybridized carbons (Fsp3) is 0.444. The first-order valence-electron chi connectivity index (χ1n) is 12.3. The highest BCUT2D eigenvalue weighted by Crippen LogP contribution is 2.32. The first kappa shape index (κ1) is 29.0. The van der Waals surface area contributed by atoms with Crippen LogP contribution in [0.25, 0.3) is 0 Å². The minimum absolute atomic E-state index is 0.0566. The van der Waals surface area contributed by atoms with Gasteiger partial charge in [0.2, 0.25) is 11.8 Å². The van der Waals surface area contributed by atoms with Crippen LogP contribution in [0.2, 0.25) is 0 Å². The van der Waals surface area contributed by atoms with Gasteiger partial charge < -0.3 is 24.2 Å². The zero-order valence-corrected chi connectivity index (χ0v) is 21.7. The molecule has 38 heavy (non-hydrogen) atoms. The number of carbonyl (C=O) groups is 3. The normalized spacial score (nSPS) is 16.3. The van der Waals surface area contributed by atoms with Gasteiger partial charge in [-0.15, -0.1) is 0 Å². The van der Waals surface area contributed by atoms with Gasteiger partial charge in [0.15, 0.2) is 0 Å². The van der Waals surface area contributed by atoms with E-state index in [1.165, 1.54) is 24.1 Å². The molecule has 1 fully saturated rings. The molecule has 8 nitrogen and oxygen atoms in total. The zero-order valence-electron chi connectivity index (χ0n) is 21.7. The number of hydrogen-bond acceptors (Lipinski definition) is 5. The summed E-state index contributed by atoms with van der Waals surface area (Å²) in [6, 6.07) is 11.5. The molecule has 2 aromatic rings. The second kappa shape index (κ2) is 12.8. The Morgan fingerprint density at radius 2 is 1.68 bits per heavy atom. The molecule has 0 spiro atoms. The third-order valence-corrected chi connectivity index (χ3v) is 6.37. The molecule has 3 amide bonds. The highest BCUT2D eigenvalue weighted by Gasteiger charge is 2.38. The molecule has 1 unspecified atom stereocenters. The van der Waals surface area contributed by atoms with E-state index >= 15 is 0 Å². The zero-order chi connectivity index (χ0) is 27.9. The van der Waals surface area contributed by atoms with Crippen molar-refractivity contribution in [2.45, 2.75) is 32.7 Å². The van der Waals surface area contributed by atoms with Crippen molar-refractivity contribution < 1.29 is 37.0 Å². The van der Waals surface area contributed by atoms with Gasteiger partial charge >= 0.3 is 6.18 Å². The molecular formula is C27H32F3N3O5. The van der Waals surface area contributed by atoms with Crippen LogP contribution in [0.3, 0.4) is 0 Å². The molecule has 1 atom stereocenters. The Bertz CT molecular complexity index is 1120. The van der Waals surface area contributed by atoms with Gasteiger partial charge in [-0.25, -0.2) is 0 Å². The summed E-state index contributed by atoms with van der Waals surface area (Å²) in [6.07, 6.45) is -5.53. The number of amides is 3. The SMILES string of the molecule is CCN(CC)C(=O)COC1CN(Cc2ccc(OC)cc2)C(=O)CN(C(=O)c2ccccc2C(F)(F)F)C1. The van der Waals surface area contributed by atoms with Gasteiger partial charge in [-0.1, -0.05) is 24.3 Å². The van der Waals surface area contributed by atoms with Crippen LogP contribution in [0.5, 0.6) is 5.75 Å². The lowest BCUT2D eigenvalue weighted by atomic mass is 10.1. The summed E-state index contributed by atoms with van der Waals surface area (Å²) in [5, 5.41) is 0. The van der Waals surface area contributed by atoms with E-state index in [1.54, 1.807) is 29.2 Å². The number of carbonyl (C=O) groups excluding carboxylic acids is 3. The Morgan fingerprint density at radius 1 is 1.03 bits per heavy atom. The standard InChI is InChI=1S/C27H32F3N3O5/c1-4-31(5-2)25(35)18-38-21-15-32(14-19-10-12-20(37-3)13-11-19)24(34)17-33(16-21)26(36)22-8-6-7-9-23(22)27(28,29)30/h6-13,21H,4-5,14-18H2,1-3H3. The Morgan fingerprint density at radius 3 is 2.29 bits per heavy atom. The van der Waals surface area contributed by atoms with Gasteiger partial charge in [0, 0.05) is 32.7 Å². The van der Waals surface area contributed by atoms with Crippen LogP contribution in [0, 0.1) is 0 Å². The second-order valence-electron chi connectivity index (χ2n) is 8.85. The van der Waals surface area contributed by atoms with E-state index in [4.69, 9.17) is 9.47 Å². The maximum Gasteiger partial charge on any atom is 0.417 e. The molecule has 1 aliphatic heterocycles. The highest BCUT2D eigenvalue weighted by atomic mass is 19.4. The number of likely N-dealkylation sites (N-methyl/N-ethyl adjacent to an activating group) is 1. The molecule has 1 heterocycles. The summed E-state index contributed by atoms with van der Waals surface area (Å²) in [6.45, 7) is 4.04. The average molecular weight is 536 g/mol. The maximum atomic E-state index is 13.6. The molecule has 0 aliphatic carbocycles. The second-order valence-corrected chi connectivity index (χ2v) is 8.85. The van der Waals surface area contributed by atoms with Crippen molar-refractivity contribution in [3.05, 3.63) is 65.2 Å². The van der Waals surface area contributed by atoms with E-state index in [0.717, 1.165) is 22.6 Å². The highest BCUT2D eigenvalue weighted by molar-refractivity contribution is 5.98. The number of methoxy groups -OCH3 is 1. The van der Waals surface area contributed by atoms with Gasteiger partial charge in [0.1, 0.15) is 18.9 Å². The number of benzene rings is 2. The number of ether oxygens (including phenoxy) is 2. The summed E-state index contributed by atoms with van der Waals surface area (Å²) < 4.78 is 51.8. The molecule has 0 N–H and O–H groups in total. The number of halogens is 3. The van der Waals surface area contributed by atoms with E-state index < -0.39 is 41.8 Å². The Balaban J connectivity index is 1.86. The van der Waals surface area contributed by atoms with Gasteiger partial charge in [-0.2, -0.15) is 13.2 Å². The molecule has 3 rings (SSSR count). The first-order chi connectivity index (χ1) is 18.1. The van der Waals surface area contributed by atoms with Crippen molar-refractivity contribution >= 4 is 17.7 Å². The molecule has 0 saturated carbocycles. The van der Waals surface area contributed by atoms with Crippen molar-refractivity contribution in [3.8, 4) is 5.75 Å². The smallest absolute Gasteiger partial charge is 0.417 e. The van der Waals surface area contributed by atoms with E-state index in [1.807, 2.05) is 13.8 Å². The lowest BCUT2D eigenvalue weighted by Gasteiger charge is -2.26. The van der Waals surface area contributed by atoms with Crippen molar-refractivity contribution in [1.29, 1.82) is 0 Å². The summed E-state index contributed by atoms with van der Waals surface area (Å²) in [4.78, 5) is 43.2. The van der Waals surface area contributed by atoms with Gasteiger partial charge in [-0.05, 0) is 43.7 Å². The van der Waals surface area contributed by atoms with Crippen LogP contribution in [-0.4, -0.2) is 85.0 Å². The van der Waals surface area contributed by atoms with E-state index in [9.17, 15) is 27.6 Å². The van der Waals surface area contributed by atoms with Crippen LogP contribution in [0.15, 0.2) is 48.5 Å². The fourth-order valence-electron chi connectivity index (χ4n) is 4.29.